The molecule has 0 spiro atoms. The van der Waals surface area contributed by atoms with Crippen LogP contribution in [0.1, 0.15) is 29.1 Å². The van der Waals surface area contributed by atoms with Crippen LogP contribution in [0.25, 0.3) is 0 Å². The van der Waals surface area contributed by atoms with Crippen molar-refractivity contribution < 1.29 is 0 Å². The van der Waals surface area contributed by atoms with E-state index in [-0.39, 0.29) is 0 Å². The Hall–Kier alpha value is -1.19. The summed E-state index contributed by atoms with van der Waals surface area (Å²) in [5, 5.41) is 3.28. The highest BCUT2D eigenvalue weighted by Crippen LogP contribution is 2.20. The zero-order chi connectivity index (χ0) is 11.4. The second-order valence-corrected chi connectivity index (χ2v) is 4.87. The highest BCUT2D eigenvalue weighted by Gasteiger charge is 2.08. The van der Waals surface area contributed by atoms with Crippen molar-refractivity contribution in [1.82, 2.24) is 4.98 Å². The van der Waals surface area contributed by atoms with Crippen LogP contribution in [0, 0.1) is 0 Å². The number of aromatic nitrogens is 1. The molecule has 1 unspecified atom stereocenters. The Kier molecular flexibility index (Phi) is 3.70. The summed E-state index contributed by atoms with van der Waals surface area (Å²) in [6.07, 6.45) is 0.911. The van der Waals surface area contributed by atoms with Gasteiger partial charge < -0.3 is 5.73 Å². The van der Waals surface area contributed by atoms with E-state index in [1.807, 2.05) is 6.07 Å². The molecule has 0 aliphatic carbocycles. The van der Waals surface area contributed by atoms with Gasteiger partial charge in [0.1, 0.15) is 0 Å². The lowest BCUT2D eigenvalue weighted by Gasteiger charge is -2.02. The van der Waals surface area contributed by atoms with Crippen molar-refractivity contribution in [3.63, 3.8) is 0 Å². The Morgan fingerprint density at radius 2 is 2.06 bits per heavy atom. The second-order valence-electron chi connectivity index (χ2n) is 3.98. The standard InChI is InChI=1S/C13H16N2S/c1-10(8-14)13-15-12(9-16-13)7-11-5-3-2-4-6-11/h2-6,9-10H,7-8,14H2,1H3. The second kappa shape index (κ2) is 5.23. The van der Waals surface area contributed by atoms with Crippen molar-refractivity contribution in [2.75, 3.05) is 6.54 Å². The van der Waals surface area contributed by atoms with Crippen LogP contribution < -0.4 is 5.73 Å². The Morgan fingerprint density at radius 3 is 2.75 bits per heavy atom. The van der Waals surface area contributed by atoms with Gasteiger partial charge in [-0.2, -0.15) is 0 Å². The maximum absolute atomic E-state index is 5.63. The maximum Gasteiger partial charge on any atom is 0.0969 e. The third kappa shape index (κ3) is 2.68. The summed E-state index contributed by atoms with van der Waals surface area (Å²) < 4.78 is 0. The monoisotopic (exact) mass is 232 g/mol. The molecule has 1 heterocycles. The first-order valence-corrected chi connectivity index (χ1v) is 6.36. The van der Waals surface area contributed by atoms with E-state index >= 15 is 0 Å². The highest BCUT2D eigenvalue weighted by molar-refractivity contribution is 7.09. The van der Waals surface area contributed by atoms with Crippen LogP contribution in [-0.4, -0.2) is 11.5 Å². The van der Waals surface area contributed by atoms with Gasteiger partial charge in [0.15, 0.2) is 0 Å². The summed E-state index contributed by atoms with van der Waals surface area (Å²) >= 11 is 1.71. The summed E-state index contributed by atoms with van der Waals surface area (Å²) in [7, 11) is 0. The van der Waals surface area contributed by atoms with Gasteiger partial charge in [-0.1, -0.05) is 37.3 Å². The summed E-state index contributed by atoms with van der Waals surface area (Å²) in [6, 6.07) is 10.4. The topological polar surface area (TPSA) is 38.9 Å². The quantitative estimate of drug-likeness (QED) is 0.880. The van der Waals surface area contributed by atoms with Gasteiger partial charge in [0.2, 0.25) is 0 Å². The summed E-state index contributed by atoms with van der Waals surface area (Å²) in [6.45, 7) is 2.78. The van der Waals surface area contributed by atoms with Crippen molar-refractivity contribution in [1.29, 1.82) is 0 Å². The largest absolute Gasteiger partial charge is 0.330 e. The van der Waals surface area contributed by atoms with Gasteiger partial charge in [0.05, 0.1) is 10.7 Å². The Bertz CT molecular complexity index is 436. The average molecular weight is 232 g/mol. The zero-order valence-corrected chi connectivity index (χ0v) is 10.2. The molecule has 16 heavy (non-hydrogen) atoms. The van der Waals surface area contributed by atoms with Gasteiger partial charge in [0.25, 0.3) is 0 Å². The van der Waals surface area contributed by atoms with E-state index in [1.54, 1.807) is 11.3 Å². The van der Waals surface area contributed by atoms with E-state index in [1.165, 1.54) is 5.56 Å². The third-order valence-electron chi connectivity index (χ3n) is 2.57. The minimum Gasteiger partial charge on any atom is -0.330 e. The first-order valence-electron chi connectivity index (χ1n) is 5.48. The van der Waals surface area contributed by atoms with E-state index in [2.05, 4.69) is 41.6 Å². The molecule has 0 amide bonds. The fraction of sp³-hybridized carbons (Fsp3) is 0.308. The van der Waals surface area contributed by atoms with Crippen LogP contribution >= 0.6 is 11.3 Å². The molecule has 84 valence electrons. The van der Waals surface area contributed by atoms with Crippen molar-refractivity contribution >= 4 is 11.3 Å². The molecule has 2 aromatic rings. The van der Waals surface area contributed by atoms with Gasteiger partial charge in [0, 0.05) is 24.3 Å². The molecule has 1 aromatic heterocycles. The Balaban J connectivity index is 2.09. The zero-order valence-electron chi connectivity index (χ0n) is 9.39. The van der Waals surface area contributed by atoms with Crippen LogP contribution in [0.5, 0.6) is 0 Å². The minimum atomic E-state index is 0.370. The number of hydrogen-bond acceptors (Lipinski definition) is 3. The van der Waals surface area contributed by atoms with Crippen LogP contribution in [0.15, 0.2) is 35.7 Å². The minimum absolute atomic E-state index is 0.370. The molecule has 3 heteroatoms. The molecule has 2 nitrogen and oxygen atoms in total. The molecule has 0 fully saturated rings. The van der Waals surface area contributed by atoms with E-state index in [0.29, 0.717) is 12.5 Å². The van der Waals surface area contributed by atoms with Crippen LogP contribution in [0.4, 0.5) is 0 Å². The third-order valence-corrected chi connectivity index (χ3v) is 3.70. The predicted molar refractivity (Wildman–Crippen MR) is 68.8 cm³/mol. The van der Waals surface area contributed by atoms with Crippen LogP contribution in [0.2, 0.25) is 0 Å². The average Bonchev–Trinajstić information content (AvgIpc) is 2.78. The molecule has 0 saturated carbocycles. The fourth-order valence-corrected chi connectivity index (χ4v) is 2.43. The molecule has 0 aliphatic rings. The molecular weight excluding hydrogens is 216 g/mol. The molecule has 2 N–H and O–H groups in total. The summed E-state index contributed by atoms with van der Waals surface area (Å²) in [5.41, 5.74) is 8.08. The lowest BCUT2D eigenvalue weighted by molar-refractivity contribution is 0.761. The van der Waals surface area contributed by atoms with E-state index in [9.17, 15) is 0 Å². The van der Waals surface area contributed by atoms with Gasteiger partial charge >= 0.3 is 0 Å². The highest BCUT2D eigenvalue weighted by atomic mass is 32.1. The maximum atomic E-state index is 5.63. The molecule has 0 saturated heterocycles. The number of rotatable bonds is 4. The smallest absolute Gasteiger partial charge is 0.0969 e. The van der Waals surface area contributed by atoms with Gasteiger partial charge in [-0.3, -0.25) is 0 Å². The number of nitrogens with two attached hydrogens (primary N) is 1. The molecular formula is C13H16N2S. The summed E-state index contributed by atoms with van der Waals surface area (Å²) in [5.74, 6) is 0.370. The first kappa shape index (κ1) is 11.3. The van der Waals surface area contributed by atoms with Crippen molar-refractivity contribution in [2.24, 2.45) is 5.73 Å². The number of benzene rings is 1. The number of hydrogen-bond donors (Lipinski definition) is 1. The van der Waals surface area contributed by atoms with Crippen molar-refractivity contribution in [2.45, 2.75) is 19.3 Å². The molecule has 0 radical (unpaired) electrons. The summed E-state index contributed by atoms with van der Waals surface area (Å²) in [4.78, 5) is 4.61. The lowest BCUT2D eigenvalue weighted by Crippen LogP contribution is -2.08. The normalized spacial score (nSPS) is 12.6. The number of thiazole rings is 1. The Labute approximate surface area is 100 Å². The van der Waals surface area contributed by atoms with E-state index in [0.717, 1.165) is 17.1 Å². The van der Waals surface area contributed by atoms with E-state index in [4.69, 9.17) is 5.73 Å². The van der Waals surface area contributed by atoms with Crippen LogP contribution in [-0.2, 0) is 6.42 Å². The van der Waals surface area contributed by atoms with Crippen molar-refractivity contribution in [3.8, 4) is 0 Å². The molecule has 0 aliphatic heterocycles. The number of nitrogens with zero attached hydrogens (tertiary/aromatic N) is 1. The molecule has 1 atom stereocenters. The van der Waals surface area contributed by atoms with Gasteiger partial charge in [-0.25, -0.2) is 4.98 Å². The molecule has 2 rings (SSSR count). The SMILES string of the molecule is CC(CN)c1nc(Cc2ccccc2)cs1. The van der Waals surface area contributed by atoms with Gasteiger partial charge in [-0.05, 0) is 5.56 Å². The molecule has 1 aromatic carbocycles. The van der Waals surface area contributed by atoms with Crippen LogP contribution in [0.3, 0.4) is 0 Å². The predicted octanol–water partition coefficient (Wildman–Crippen LogP) is 2.80. The van der Waals surface area contributed by atoms with Crippen molar-refractivity contribution in [3.05, 3.63) is 52.0 Å². The van der Waals surface area contributed by atoms with E-state index < -0.39 is 0 Å². The fourth-order valence-electron chi connectivity index (χ4n) is 1.54. The first-order chi connectivity index (χ1) is 7.79. The Morgan fingerprint density at radius 1 is 1.31 bits per heavy atom. The molecule has 0 bridgehead atoms. The van der Waals surface area contributed by atoms with Gasteiger partial charge in [-0.15, -0.1) is 11.3 Å². The lowest BCUT2D eigenvalue weighted by atomic mass is 10.1.